The summed E-state index contributed by atoms with van der Waals surface area (Å²) in [7, 11) is 0. The van der Waals surface area contributed by atoms with Crippen LogP contribution in [-0.4, -0.2) is 34.7 Å². The maximum absolute atomic E-state index is 11.5. The molecule has 26 heavy (non-hydrogen) atoms. The predicted octanol–water partition coefficient (Wildman–Crippen LogP) is 2.73. The van der Waals surface area contributed by atoms with Gasteiger partial charge in [0.25, 0.3) is 0 Å². The van der Waals surface area contributed by atoms with Crippen molar-refractivity contribution in [2.45, 2.75) is 24.8 Å². The van der Waals surface area contributed by atoms with E-state index >= 15 is 0 Å². The fourth-order valence-electron chi connectivity index (χ4n) is 2.54. The first-order valence-electron chi connectivity index (χ1n) is 8.36. The maximum atomic E-state index is 11.5. The van der Waals surface area contributed by atoms with Gasteiger partial charge in [-0.25, -0.2) is 0 Å². The van der Waals surface area contributed by atoms with E-state index in [1.54, 1.807) is 24.3 Å². The van der Waals surface area contributed by atoms with Crippen LogP contribution in [0, 0.1) is 11.8 Å². The number of nitrogens with one attached hydrogen (secondary N) is 1. The molecule has 2 atom stereocenters. The number of aliphatic carboxylic acids is 2. The van der Waals surface area contributed by atoms with Crippen molar-refractivity contribution in [1.29, 1.82) is 0 Å². The summed E-state index contributed by atoms with van der Waals surface area (Å²) in [5, 5.41) is 21.6. The van der Waals surface area contributed by atoms with E-state index in [9.17, 15) is 19.8 Å². The second-order valence-electron chi connectivity index (χ2n) is 5.81. The fourth-order valence-corrected chi connectivity index (χ4v) is 2.54. The van der Waals surface area contributed by atoms with Crippen LogP contribution in [-0.2, 0) is 9.59 Å². The third kappa shape index (κ3) is 6.08. The first-order chi connectivity index (χ1) is 12.6. The van der Waals surface area contributed by atoms with Gasteiger partial charge in [0.2, 0.25) is 0 Å². The van der Waals surface area contributed by atoms with Crippen molar-refractivity contribution in [3.8, 4) is 11.8 Å². The van der Waals surface area contributed by atoms with Gasteiger partial charge >= 0.3 is 11.9 Å². The quantitative estimate of drug-likeness (QED) is 0.637. The van der Waals surface area contributed by atoms with E-state index in [1.807, 2.05) is 36.4 Å². The Morgan fingerprint density at radius 2 is 1.54 bits per heavy atom. The van der Waals surface area contributed by atoms with E-state index in [0.29, 0.717) is 12.0 Å². The minimum absolute atomic E-state index is 0.146. The van der Waals surface area contributed by atoms with Crippen LogP contribution in [0.3, 0.4) is 0 Å². The number of hydrogen-bond acceptors (Lipinski definition) is 3. The van der Waals surface area contributed by atoms with E-state index in [0.717, 1.165) is 5.56 Å². The van der Waals surface area contributed by atoms with Crippen LogP contribution >= 0.6 is 0 Å². The average molecular weight is 351 g/mol. The molecule has 0 spiro atoms. The van der Waals surface area contributed by atoms with Crippen molar-refractivity contribution < 1.29 is 19.8 Å². The third-order valence-electron chi connectivity index (χ3n) is 3.93. The van der Waals surface area contributed by atoms with Crippen LogP contribution in [0.1, 0.15) is 29.9 Å². The largest absolute Gasteiger partial charge is 0.481 e. The van der Waals surface area contributed by atoms with Crippen LogP contribution in [0.4, 0.5) is 0 Å². The number of carboxylic acid groups (broad SMARTS) is 2. The molecule has 0 saturated carbocycles. The molecular weight excluding hydrogens is 330 g/mol. The molecule has 0 aromatic heterocycles. The van der Waals surface area contributed by atoms with Gasteiger partial charge in [0.1, 0.15) is 6.04 Å². The number of rotatable bonds is 8. The molecule has 3 N–H and O–H groups in total. The SMILES string of the molecule is O=C(O)C(CC#Cc1ccccc1)NCCC(C(=O)O)c1ccccc1. The summed E-state index contributed by atoms with van der Waals surface area (Å²) in [4.78, 5) is 22.8. The van der Waals surface area contributed by atoms with Gasteiger partial charge in [0.15, 0.2) is 0 Å². The molecule has 5 heteroatoms. The minimum Gasteiger partial charge on any atom is -0.481 e. The summed E-state index contributed by atoms with van der Waals surface area (Å²) in [5.74, 6) is 3.20. The average Bonchev–Trinajstić information content (AvgIpc) is 2.64. The second kappa shape index (κ2) is 10.0. The summed E-state index contributed by atoms with van der Waals surface area (Å²) in [6, 6.07) is 17.4. The smallest absolute Gasteiger partial charge is 0.321 e. The molecule has 134 valence electrons. The normalized spacial score (nSPS) is 12.5. The molecule has 0 bridgehead atoms. The van der Waals surface area contributed by atoms with Crippen molar-refractivity contribution in [2.75, 3.05) is 6.54 Å². The lowest BCUT2D eigenvalue weighted by Gasteiger charge is -2.16. The zero-order valence-corrected chi connectivity index (χ0v) is 14.3. The molecule has 0 amide bonds. The number of benzene rings is 2. The van der Waals surface area contributed by atoms with Crippen molar-refractivity contribution in [3.05, 3.63) is 71.8 Å². The van der Waals surface area contributed by atoms with E-state index in [4.69, 9.17) is 0 Å². The van der Waals surface area contributed by atoms with E-state index in [1.165, 1.54) is 0 Å². The number of carbonyl (C=O) groups is 2. The first kappa shape index (κ1) is 19.2. The Labute approximate surface area is 152 Å². The van der Waals surface area contributed by atoms with Crippen molar-refractivity contribution >= 4 is 11.9 Å². The lowest BCUT2D eigenvalue weighted by atomic mass is 9.96. The highest BCUT2D eigenvalue weighted by molar-refractivity contribution is 5.76. The topological polar surface area (TPSA) is 86.6 Å². The summed E-state index contributed by atoms with van der Waals surface area (Å²) in [6.07, 6.45) is 0.447. The van der Waals surface area contributed by atoms with Gasteiger partial charge in [-0.05, 0) is 30.7 Å². The second-order valence-corrected chi connectivity index (χ2v) is 5.81. The van der Waals surface area contributed by atoms with E-state index in [-0.39, 0.29) is 13.0 Å². The van der Waals surface area contributed by atoms with Crippen molar-refractivity contribution in [3.63, 3.8) is 0 Å². The molecule has 2 aromatic rings. The summed E-state index contributed by atoms with van der Waals surface area (Å²) < 4.78 is 0. The van der Waals surface area contributed by atoms with Crippen molar-refractivity contribution in [2.24, 2.45) is 0 Å². The predicted molar refractivity (Wildman–Crippen MR) is 98.8 cm³/mol. The fraction of sp³-hybridized carbons (Fsp3) is 0.238. The molecule has 2 aromatic carbocycles. The van der Waals surface area contributed by atoms with Crippen LogP contribution in [0.25, 0.3) is 0 Å². The van der Waals surface area contributed by atoms with Crippen LogP contribution < -0.4 is 5.32 Å². The Bertz CT molecular complexity index is 778. The highest BCUT2D eigenvalue weighted by atomic mass is 16.4. The number of hydrogen-bond donors (Lipinski definition) is 3. The van der Waals surface area contributed by atoms with Gasteiger partial charge in [-0.2, -0.15) is 0 Å². The Morgan fingerprint density at radius 3 is 2.12 bits per heavy atom. The van der Waals surface area contributed by atoms with Gasteiger partial charge in [0, 0.05) is 12.0 Å². The standard InChI is InChI=1S/C21H21NO4/c23-20(24)18(17-11-5-2-6-12-17)14-15-22-19(21(25)26)13-7-10-16-8-3-1-4-9-16/h1-6,8-9,11-12,18-19,22H,13-15H2,(H,23,24)(H,25,26). The molecule has 0 aliphatic rings. The molecule has 0 radical (unpaired) electrons. The Balaban J connectivity index is 1.91. The Morgan fingerprint density at radius 1 is 0.923 bits per heavy atom. The highest BCUT2D eigenvalue weighted by Crippen LogP contribution is 2.19. The molecule has 2 rings (SSSR count). The van der Waals surface area contributed by atoms with Crippen molar-refractivity contribution in [1.82, 2.24) is 5.32 Å². The molecule has 0 fully saturated rings. The van der Waals surface area contributed by atoms with Crippen LogP contribution in [0.15, 0.2) is 60.7 Å². The lowest BCUT2D eigenvalue weighted by molar-refractivity contribution is -0.139. The first-order valence-corrected chi connectivity index (χ1v) is 8.36. The summed E-state index contributed by atoms with van der Waals surface area (Å²) in [6.45, 7) is 0.274. The third-order valence-corrected chi connectivity index (χ3v) is 3.93. The molecule has 0 aliphatic carbocycles. The van der Waals surface area contributed by atoms with Gasteiger partial charge in [-0.15, -0.1) is 0 Å². The van der Waals surface area contributed by atoms with Gasteiger partial charge in [-0.1, -0.05) is 60.4 Å². The monoisotopic (exact) mass is 351 g/mol. The lowest BCUT2D eigenvalue weighted by Crippen LogP contribution is -2.37. The molecule has 0 aliphatic heterocycles. The van der Waals surface area contributed by atoms with Crippen LogP contribution in [0.2, 0.25) is 0 Å². The Hall–Kier alpha value is -3.10. The molecule has 5 nitrogen and oxygen atoms in total. The van der Waals surface area contributed by atoms with Crippen LogP contribution in [0.5, 0.6) is 0 Å². The molecule has 0 heterocycles. The highest BCUT2D eigenvalue weighted by Gasteiger charge is 2.21. The summed E-state index contributed by atoms with van der Waals surface area (Å²) >= 11 is 0. The molecule has 0 saturated heterocycles. The Kier molecular flexibility index (Phi) is 7.41. The van der Waals surface area contributed by atoms with Gasteiger partial charge in [-0.3, -0.25) is 9.59 Å². The summed E-state index contributed by atoms with van der Waals surface area (Å²) in [5.41, 5.74) is 1.53. The maximum Gasteiger partial charge on any atom is 0.321 e. The van der Waals surface area contributed by atoms with Gasteiger partial charge in [0.05, 0.1) is 5.92 Å². The van der Waals surface area contributed by atoms with E-state index in [2.05, 4.69) is 17.2 Å². The number of carboxylic acids is 2. The molecular formula is C21H21NO4. The minimum atomic E-state index is -1.00. The molecule has 2 unspecified atom stereocenters. The zero-order chi connectivity index (χ0) is 18.8. The van der Waals surface area contributed by atoms with E-state index < -0.39 is 23.9 Å². The zero-order valence-electron chi connectivity index (χ0n) is 14.3. The van der Waals surface area contributed by atoms with Gasteiger partial charge < -0.3 is 15.5 Å².